The maximum atomic E-state index is 6.33. The Labute approximate surface area is 148 Å². The fraction of sp³-hybridized carbons (Fsp3) is 0.125. The zero-order valence-electron chi connectivity index (χ0n) is 12.3. The second-order valence-electron chi connectivity index (χ2n) is 4.79. The van der Waals surface area contributed by atoms with Gasteiger partial charge in [-0.1, -0.05) is 47.1 Å². The molecular formula is C16H14Cl2N4S. The van der Waals surface area contributed by atoms with Crippen LogP contribution >= 0.6 is 35.0 Å². The molecule has 0 bridgehead atoms. The second-order valence-corrected chi connectivity index (χ2v) is 6.67. The average Bonchev–Trinajstić information content (AvgIpc) is 2.93. The molecule has 0 unspecified atom stereocenters. The minimum atomic E-state index is 0.477. The minimum absolute atomic E-state index is 0.477. The lowest BCUT2D eigenvalue weighted by atomic mass is 10.3. The van der Waals surface area contributed by atoms with Gasteiger partial charge in [0, 0.05) is 17.6 Å². The molecule has 0 aliphatic carbocycles. The van der Waals surface area contributed by atoms with Crippen molar-refractivity contribution in [3.05, 3.63) is 64.5 Å². The Morgan fingerprint density at radius 1 is 1.17 bits per heavy atom. The molecule has 3 rings (SSSR count). The van der Waals surface area contributed by atoms with Crippen molar-refractivity contribution < 1.29 is 0 Å². The van der Waals surface area contributed by atoms with Gasteiger partial charge in [0.2, 0.25) is 0 Å². The van der Waals surface area contributed by atoms with E-state index in [9.17, 15) is 0 Å². The van der Waals surface area contributed by atoms with Crippen LogP contribution in [0.2, 0.25) is 10.2 Å². The molecule has 2 heterocycles. The first kappa shape index (κ1) is 16.3. The van der Waals surface area contributed by atoms with E-state index in [0.29, 0.717) is 16.7 Å². The van der Waals surface area contributed by atoms with Crippen molar-refractivity contribution in [1.82, 2.24) is 20.1 Å². The fourth-order valence-electron chi connectivity index (χ4n) is 2.09. The van der Waals surface area contributed by atoms with E-state index in [4.69, 9.17) is 23.2 Å². The van der Waals surface area contributed by atoms with Crippen LogP contribution in [-0.2, 0) is 6.54 Å². The third kappa shape index (κ3) is 3.87. The summed E-state index contributed by atoms with van der Waals surface area (Å²) >= 11 is 13.7. The van der Waals surface area contributed by atoms with Gasteiger partial charge in [-0.15, -0.1) is 0 Å². The highest BCUT2D eigenvalue weighted by Crippen LogP contribution is 2.32. The van der Waals surface area contributed by atoms with Crippen LogP contribution in [0.3, 0.4) is 0 Å². The Morgan fingerprint density at radius 2 is 2.00 bits per heavy atom. The maximum Gasteiger partial charge on any atom is 0.129 e. The van der Waals surface area contributed by atoms with Gasteiger partial charge in [0.05, 0.1) is 16.4 Å². The first-order valence-electron chi connectivity index (χ1n) is 6.95. The van der Waals surface area contributed by atoms with Crippen LogP contribution in [0.1, 0.15) is 5.69 Å². The van der Waals surface area contributed by atoms with E-state index >= 15 is 0 Å². The highest BCUT2D eigenvalue weighted by atomic mass is 35.5. The normalized spacial score (nSPS) is 10.9. The summed E-state index contributed by atoms with van der Waals surface area (Å²) in [6, 6.07) is 13.4. The number of nitrogens with one attached hydrogen (secondary N) is 1. The highest BCUT2D eigenvalue weighted by Gasteiger charge is 2.13. The Bertz CT molecular complexity index is 802. The maximum absolute atomic E-state index is 6.33. The zero-order valence-corrected chi connectivity index (χ0v) is 14.7. The molecule has 23 heavy (non-hydrogen) atoms. The van der Waals surface area contributed by atoms with Crippen LogP contribution in [0.5, 0.6) is 0 Å². The molecule has 0 aliphatic heterocycles. The van der Waals surface area contributed by atoms with Crippen molar-refractivity contribution in [2.45, 2.75) is 16.5 Å². The van der Waals surface area contributed by atoms with Crippen LogP contribution < -0.4 is 5.32 Å². The largest absolute Gasteiger partial charge is 0.314 e. The predicted octanol–water partition coefficient (Wildman–Crippen LogP) is 4.44. The molecule has 0 atom stereocenters. The molecular weight excluding hydrogens is 351 g/mol. The number of hydrogen-bond acceptors (Lipinski definition) is 4. The number of rotatable bonds is 5. The van der Waals surface area contributed by atoms with E-state index in [2.05, 4.69) is 15.4 Å². The van der Waals surface area contributed by atoms with Gasteiger partial charge in [-0.3, -0.25) is 0 Å². The number of benzene rings is 1. The molecule has 1 aromatic carbocycles. The van der Waals surface area contributed by atoms with Crippen molar-refractivity contribution in [1.29, 1.82) is 0 Å². The van der Waals surface area contributed by atoms with Gasteiger partial charge >= 0.3 is 0 Å². The lowest BCUT2D eigenvalue weighted by Gasteiger charge is -2.08. The molecule has 3 aromatic rings. The fourth-order valence-corrected chi connectivity index (χ4v) is 3.32. The molecule has 1 N–H and O–H groups in total. The Morgan fingerprint density at radius 3 is 2.70 bits per heavy atom. The van der Waals surface area contributed by atoms with Crippen LogP contribution in [0.4, 0.5) is 0 Å². The molecule has 0 saturated carbocycles. The number of aromatic nitrogens is 3. The topological polar surface area (TPSA) is 42.7 Å². The van der Waals surface area contributed by atoms with Crippen molar-refractivity contribution in [3.63, 3.8) is 0 Å². The summed E-state index contributed by atoms with van der Waals surface area (Å²) in [5, 5.41) is 9.86. The van der Waals surface area contributed by atoms with E-state index in [1.54, 1.807) is 24.0 Å². The van der Waals surface area contributed by atoms with E-state index < -0.39 is 0 Å². The molecule has 0 amide bonds. The van der Waals surface area contributed by atoms with Gasteiger partial charge in [0.25, 0.3) is 0 Å². The first-order chi connectivity index (χ1) is 11.2. The lowest BCUT2D eigenvalue weighted by Crippen LogP contribution is -2.06. The number of para-hydroxylation sites is 1. The summed E-state index contributed by atoms with van der Waals surface area (Å²) in [5.74, 6) is 0. The smallest absolute Gasteiger partial charge is 0.129 e. The van der Waals surface area contributed by atoms with Crippen LogP contribution in [0, 0.1) is 0 Å². The molecule has 7 heteroatoms. The van der Waals surface area contributed by atoms with Gasteiger partial charge in [-0.25, -0.2) is 9.67 Å². The van der Waals surface area contributed by atoms with Crippen molar-refractivity contribution in [2.24, 2.45) is 0 Å². The van der Waals surface area contributed by atoms with Crippen LogP contribution in [-0.4, -0.2) is 21.8 Å². The monoisotopic (exact) mass is 364 g/mol. The summed E-state index contributed by atoms with van der Waals surface area (Å²) < 4.78 is 1.86. The van der Waals surface area contributed by atoms with E-state index in [1.807, 2.05) is 48.1 Å². The lowest BCUT2D eigenvalue weighted by molar-refractivity contribution is 0.739. The summed E-state index contributed by atoms with van der Waals surface area (Å²) in [6.45, 7) is 0.684. The van der Waals surface area contributed by atoms with Gasteiger partial charge in [-0.05, 0) is 37.4 Å². The molecule has 0 radical (unpaired) electrons. The third-order valence-corrected chi connectivity index (χ3v) is 4.61. The van der Waals surface area contributed by atoms with Crippen molar-refractivity contribution >= 4 is 35.0 Å². The zero-order chi connectivity index (χ0) is 16.2. The van der Waals surface area contributed by atoms with Gasteiger partial charge < -0.3 is 5.32 Å². The summed E-state index contributed by atoms with van der Waals surface area (Å²) in [7, 11) is 1.89. The molecule has 0 fully saturated rings. The van der Waals surface area contributed by atoms with Crippen molar-refractivity contribution in [3.8, 4) is 5.69 Å². The number of halogens is 2. The third-order valence-electron chi connectivity index (χ3n) is 3.09. The van der Waals surface area contributed by atoms with Crippen LogP contribution in [0.15, 0.2) is 58.6 Å². The van der Waals surface area contributed by atoms with Crippen LogP contribution in [0.25, 0.3) is 5.69 Å². The molecule has 0 saturated heterocycles. The standard InChI is InChI=1S/C16H14Cl2N4S/c1-19-9-11-8-16(23-12-6-7-15(18)20-10-12)22(21-11)14-5-3-2-4-13(14)17/h2-8,10,19H,9H2,1H3. The number of pyridine rings is 1. The number of nitrogens with zero attached hydrogens (tertiary/aromatic N) is 3. The Balaban J connectivity index is 2.01. The molecule has 0 aliphatic rings. The Hall–Kier alpha value is -1.53. The van der Waals surface area contributed by atoms with E-state index in [-0.39, 0.29) is 0 Å². The number of hydrogen-bond donors (Lipinski definition) is 1. The van der Waals surface area contributed by atoms with Gasteiger partial charge in [0.15, 0.2) is 0 Å². The molecule has 118 valence electrons. The van der Waals surface area contributed by atoms with E-state index in [0.717, 1.165) is 21.3 Å². The van der Waals surface area contributed by atoms with E-state index in [1.165, 1.54) is 0 Å². The quantitative estimate of drug-likeness (QED) is 0.679. The first-order valence-corrected chi connectivity index (χ1v) is 8.52. The second kappa shape index (κ2) is 7.36. The Kier molecular flexibility index (Phi) is 5.23. The van der Waals surface area contributed by atoms with Gasteiger partial charge in [0.1, 0.15) is 10.2 Å². The molecule has 0 spiro atoms. The summed E-state index contributed by atoms with van der Waals surface area (Å²) in [4.78, 5) is 5.10. The summed E-state index contributed by atoms with van der Waals surface area (Å²) in [5.41, 5.74) is 1.79. The average molecular weight is 365 g/mol. The molecule has 2 aromatic heterocycles. The SMILES string of the molecule is CNCc1cc(Sc2ccc(Cl)nc2)n(-c2ccccc2Cl)n1. The highest BCUT2D eigenvalue weighted by molar-refractivity contribution is 7.99. The minimum Gasteiger partial charge on any atom is -0.314 e. The van der Waals surface area contributed by atoms with Gasteiger partial charge in [-0.2, -0.15) is 5.10 Å². The predicted molar refractivity (Wildman–Crippen MR) is 94.7 cm³/mol. The van der Waals surface area contributed by atoms with Crippen molar-refractivity contribution in [2.75, 3.05) is 7.05 Å². The molecule has 4 nitrogen and oxygen atoms in total. The summed E-state index contributed by atoms with van der Waals surface area (Å²) in [6.07, 6.45) is 1.74.